The number of anilines is 2. The van der Waals surface area contributed by atoms with Gasteiger partial charge in [0.15, 0.2) is 0 Å². The van der Waals surface area contributed by atoms with Crippen molar-refractivity contribution in [2.45, 2.75) is 9.79 Å². The van der Waals surface area contributed by atoms with E-state index in [1.807, 2.05) is 23.9 Å². The van der Waals surface area contributed by atoms with Gasteiger partial charge in [-0.3, -0.25) is 5.01 Å². The molecule has 0 unspecified atom stereocenters. The minimum atomic E-state index is 0.777. The Morgan fingerprint density at radius 1 is 0.857 bits per heavy atom. The van der Waals surface area contributed by atoms with E-state index in [4.69, 9.17) is 0 Å². The summed E-state index contributed by atoms with van der Waals surface area (Å²) in [5, 5.41) is 4.53. The van der Waals surface area contributed by atoms with E-state index in [-0.39, 0.29) is 0 Å². The Balaban J connectivity index is 2.13. The molecule has 1 aliphatic rings. The zero-order valence-corrected chi connectivity index (χ0v) is 12.7. The fraction of sp³-hybridized carbons (Fsp3) is 0.111. The maximum Gasteiger partial charge on any atom is 0.0720 e. The standard InChI is InChI=1S/C18H18N2S/c1-3-13-19(14-4-2)20-15-9-5-7-11-17(15)21-18-12-8-6-10-16(18)20/h3-12H,1-2,13-14H2. The molecule has 3 heteroatoms. The van der Waals surface area contributed by atoms with Gasteiger partial charge in [-0.05, 0) is 24.3 Å². The molecule has 0 amide bonds. The van der Waals surface area contributed by atoms with E-state index in [2.05, 4.69) is 71.7 Å². The Bertz CT molecular complexity index is 610. The molecule has 0 aromatic heterocycles. The van der Waals surface area contributed by atoms with Crippen LogP contribution in [0.3, 0.4) is 0 Å². The van der Waals surface area contributed by atoms with E-state index in [1.54, 1.807) is 0 Å². The minimum Gasteiger partial charge on any atom is -0.272 e. The first-order chi connectivity index (χ1) is 10.3. The summed E-state index contributed by atoms with van der Waals surface area (Å²) in [4.78, 5) is 2.55. The van der Waals surface area contributed by atoms with Crippen molar-refractivity contribution in [3.05, 3.63) is 73.8 Å². The first-order valence-electron chi connectivity index (χ1n) is 6.98. The second kappa shape index (κ2) is 6.20. The molecule has 0 bridgehead atoms. The Hall–Kier alpha value is -1.97. The van der Waals surface area contributed by atoms with Crippen molar-refractivity contribution in [2.75, 3.05) is 18.1 Å². The molecule has 3 rings (SSSR count). The van der Waals surface area contributed by atoms with E-state index in [0.717, 1.165) is 13.1 Å². The number of nitrogens with zero attached hydrogens (tertiary/aromatic N) is 2. The van der Waals surface area contributed by atoms with Crippen molar-refractivity contribution in [1.82, 2.24) is 5.01 Å². The predicted octanol–water partition coefficient (Wildman–Crippen LogP) is 4.88. The molecule has 2 aromatic carbocycles. The molecule has 1 aliphatic heterocycles. The molecule has 106 valence electrons. The summed E-state index contributed by atoms with van der Waals surface area (Å²) in [7, 11) is 0. The molecule has 0 atom stereocenters. The van der Waals surface area contributed by atoms with Gasteiger partial charge in [0.1, 0.15) is 0 Å². The number of benzene rings is 2. The van der Waals surface area contributed by atoms with Gasteiger partial charge < -0.3 is 0 Å². The third-order valence-corrected chi connectivity index (χ3v) is 4.50. The topological polar surface area (TPSA) is 6.48 Å². The predicted molar refractivity (Wildman–Crippen MR) is 91.1 cm³/mol. The van der Waals surface area contributed by atoms with Crippen LogP contribution in [0.25, 0.3) is 0 Å². The Labute approximate surface area is 130 Å². The quantitative estimate of drug-likeness (QED) is 0.726. The first-order valence-corrected chi connectivity index (χ1v) is 7.79. The van der Waals surface area contributed by atoms with Crippen LogP contribution in [0.15, 0.2) is 83.6 Å². The molecular formula is C18H18N2S. The molecule has 0 spiro atoms. The van der Waals surface area contributed by atoms with E-state index >= 15 is 0 Å². The average Bonchev–Trinajstić information content (AvgIpc) is 2.52. The molecule has 2 nitrogen and oxygen atoms in total. The highest BCUT2D eigenvalue weighted by molar-refractivity contribution is 7.99. The summed E-state index contributed by atoms with van der Waals surface area (Å²) in [5.41, 5.74) is 2.43. The highest BCUT2D eigenvalue weighted by Gasteiger charge is 2.26. The van der Waals surface area contributed by atoms with Gasteiger partial charge in [-0.1, -0.05) is 48.2 Å². The van der Waals surface area contributed by atoms with Crippen molar-refractivity contribution < 1.29 is 0 Å². The smallest absolute Gasteiger partial charge is 0.0720 e. The van der Waals surface area contributed by atoms with Crippen LogP contribution in [0.5, 0.6) is 0 Å². The summed E-state index contributed by atoms with van der Waals surface area (Å²) >= 11 is 1.82. The zero-order valence-electron chi connectivity index (χ0n) is 11.9. The van der Waals surface area contributed by atoms with Gasteiger partial charge in [0.05, 0.1) is 11.4 Å². The van der Waals surface area contributed by atoms with Gasteiger partial charge in [0.25, 0.3) is 0 Å². The van der Waals surface area contributed by atoms with Crippen molar-refractivity contribution >= 4 is 23.1 Å². The second-order valence-corrected chi connectivity index (χ2v) is 5.88. The molecule has 0 aliphatic carbocycles. The number of fused-ring (bicyclic) bond motifs is 2. The van der Waals surface area contributed by atoms with Crippen LogP contribution < -0.4 is 5.01 Å². The van der Waals surface area contributed by atoms with Gasteiger partial charge in [-0.2, -0.15) is 0 Å². The summed E-state index contributed by atoms with van der Waals surface area (Å²) in [5.74, 6) is 0. The molecule has 21 heavy (non-hydrogen) atoms. The van der Waals surface area contributed by atoms with Crippen LogP contribution in [-0.2, 0) is 0 Å². The van der Waals surface area contributed by atoms with Gasteiger partial charge in [-0.25, -0.2) is 5.01 Å². The molecule has 0 saturated carbocycles. The third kappa shape index (κ3) is 2.62. The van der Waals surface area contributed by atoms with Crippen LogP contribution in [0.2, 0.25) is 0 Å². The Morgan fingerprint density at radius 2 is 1.33 bits per heavy atom. The SMILES string of the molecule is C=CCN(CC=C)N1c2ccccc2Sc2ccccc21. The number of hydrogen-bond acceptors (Lipinski definition) is 3. The fourth-order valence-corrected chi connectivity index (χ4v) is 3.57. The summed E-state index contributed by atoms with van der Waals surface area (Å²) in [6.07, 6.45) is 3.85. The minimum absolute atomic E-state index is 0.777. The Morgan fingerprint density at radius 3 is 1.81 bits per heavy atom. The highest BCUT2D eigenvalue weighted by atomic mass is 32.2. The van der Waals surface area contributed by atoms with Crippen molar-refractivity contribution in [3.63, 3.8) is 0 Å². The van der Waals surface area contributed by atoms with Crippen molar-refractivity contribution in [1.29, 1.82) is 0 Å². The number of rotatable bonds is 5. The molecule has 0 saturated heterocycles. The monoisotopic (exact) mass is 294 g/mol. The first kappa shape index (κ1) is 14.0. The van der Waals surface area contributed by atoms with Crippen LogP contribution >= 0.6 is 11.8 Å². The molecule has 0 fully saturated rings. The van der Waals surface area contributed by atoms with Crippen LogP contribution in [0.1, 0.15) is 0 Å². The van der Waals surface area contributed by atoms with Crippen molar-refractivity contribution in [2.24, 2.45) is 0 Å². The fourth-order valence-electron chi connectivity index (χ4n) is 2.53. The lowest BCUT2D eigenvalue weighted by Gasteiger charge is -2.40. The van der Waals surface area contributed by atoms with Gasteiger partial charge >= 0.3 is 0 Å². The molecule has 0 N–H and O–H groups in total. The van der Waals surface area contributed by atoms with Gasteiger partial charge in [-0.15, -0.1) is 13.2 Å². The number of hydrazine groups is 1. The second-order valence-electron chi connectivity index (χ2n) is 4.80. The van der Waals surface area contributed by atoms with E-state index in [0.29, 0.717) is 0 Å². The van der Waals surface area contributed by atoms with Gasteiger partial charge in [0, 0.05) is 22.9 Å². The lowest BCUT2D eigenvalue weighted by molar-refractivity contribution is 0.338. The molecule has 1 heterocycles. The molecule has 2 aromatic rings. The molecular weight excluding hydrogens is 276 g/mol. The van der Waals surface area contributed by atoms with Crippen LogP contribution in [0, 0.1) is 0 Å². The maximum atomic E-state index is 3.88. The average molecular weight is 294 g/mol. The zero-order chi connectivity index (χ0) is 14.7. The molecule has 0 radical (unpaired) electrons. The van der Waals surface area contributed by atoms with Gasteiger partial charge in [0.2, 0.25) is 0 Å². The third-order valence-electron chi connectivity index (χ3n) is 3.37. The summed E-state index contributed by atoms with van der Waals surface area (Å²) in [6.45, 7) is 9.32. The number of para-hydroxylation sites is 2. The summed E-state index contributed by atoms with van der Waals surface area (Å²) in [6, 6.07) is 17.0. The van der Waals surface area contributed by atoms with E-state index < -0.39 is 0 Å². The van der Waals surface area contributed by atoms with E-state index in [1.165, 1.54) is 21.2 Å². The summed E-state index contributed by atoms with van der Waals surface area (Å²) < 4.78 is 0. The Kier molecular flexibility index (Phi) is 4.13. The lowest BCUT2D eigenvalue weighted by atomic mass is 10.2. The maximum absolute atomic E-state index is 3.88. The highest BCUT2D eigenvalue weighted by Crippen LogP contribution is 2.48. The van der Waals surface area contributed by atoms with Crippen LogP contribution in [-0.4, -0.2) is 18.1 Å². The largest absolute Gasteiger partial charge is 0.272 e. The van der Waals surface area contributed by atoms with E-state index in [9.17, 15) is 0 Å². The van der Waals surface area contributed by atoms with Crippen molar-refractivity contribution in [3.8, 4) is 0 Å². The normalized spacial score (nSPS) is 12.7. The lowest BCUT2D eigenvalue weighted by Crippen LogP contribution is -2.41. The number of hydrogen-bond donors (Lipinski definition) is 0. The van der Waals surface area contributed by atoms with Crippen LogP contribution in [0.4, 0.5) is 11.4 Å².